The molecule has 0 aromatic rings. The Balaban J connectivity index is 3.93. The van der Waals surface area contributed by atoms with Crippen molar-refractivity contribution in [3.05, 3.63) is 0 Å². The number of nitrogens with one attached hydrogen (secondary N) is 1. The van der Waals surface area contributed by atoms with E-state index in [1.165, 1.54) is 0 Å². The number of hydrogen-bond donors (Lipinski definition) is 2. The maximum atomic E-state index is 11.8. The molecule has 0 saturated heterocycles. The Morgan fingerprint density at radius 1 is 1.20 bits per heavy atom. The van der Waals surface area contributed by atoms with Gasteiger partial charge in [-0.3, -0.25) is 14.5 Å². The molecule has 0 aliphatic heterocycles. The average Bonchev–Trinajstić information content (AvgIpc) is 2.31. The van der Waals surface area contributed by atoms with Crippen LogP contribution in [0.5, 0.6) is 0 Å². The molecular weight excluding hydrogens is 276 g/mol. The van der Waals surface area contributed by atoms with Crippen LogP contribution in [-0.4, -0.2) is 66.4 Å². The van der Waals surface area contributed by atoms with Gasteiger partial charge in [-0.05, 0) is 20.9 Å². The maximum absolute atomic E-state index is 11.8. The molecule has 0 heterocycles. The van der Waals surface area contributed by atoms with Gasteiger partial charge in [0.1, 0.15) is 0 Å². The molecule has 0 aromatic heterocycles. The summed E-state index contributed by atoms with van der Waals surface area (Å²) in [6.45, 7) is 5.20. The first-order chi connectivity index (χ1) is 9.22. The first-order valence-electron chi connectivity index (χ1n) is 6.72. The number of rotatable bonds is 9. The Morgan fingerprint density at radius 2 is 1.80 bits per heavy atom. The monoisotopic (exact) mass is 302 g/mol. The molecule has 0 aliphatic rings. The molecule has 0 aliphatic carbocycles. The highest BCUT2D eigenvalue weighted by molar-refractivity contribution is 7.80. The summed E-state index contributed by atoms with van der Waals surface area (Å²) in [5.74, 6) is -0.00541. The van der Waals surface area contributed by atoms with Gasteiger partial charge in [0.25, 0.3) is 0 Å². The molecule has 0 spiro atoms. The highest BCUT2D eigenvalue weighted by Gasteiger charge is 2.12. The van der Waals surface area contributed by atoms with Crippen LogP contribution in [0, 0.1) is 0 Å². The van der Waals surface area contributed by atoms with Gasteiger partial charge in [-0.25, -0.2) is 0 Å². The SMILES string of the molecule is CC(C)NC(=O)CN(C)CCC(=O)N(C)CCC(N)=S. The zero-order valence-electron chi connectivity index (χ0n) is 12.8. The van der Waals surface area contributed by atoms with Crippen molar-refractivity contribution in [2.24, 2.45) is 5.73 Å². The molecule has 116 valence electrons. The maximum Gasteiger partial charge on any atom is 0.234 e. The fourth-order valence-electron chi connectivity index (χ4n) is 1.57. The zero-order valence-corrected chi connectivity index (χ0v) is 13.6. The third kappa shape index (κ3) is 9.69. The second-order valence-electron chi connectivity index (χ2n) is 5.24. The standard InChI is InChI=1S/C13H26N4O2S/c1-10(2)15-12(18)9-16(3)7-6-13(19)17(4)8-5-11(14)20/h10H,5-9H2,1-4H3,(H2,14,20)(H,15,18). The van der Waals surface area contributed by atoms with E-state index in [9.17, 15) is 9.59 Å². The number of nitrogens with zero attached hydrogens (tertiary/aromatic N) is 2. The lowest BCUT2D eigenvalue weighted by molar-refractivity contribution is -0.130. The highest BCUT2D eigenvalue weighted by atomic mass is 32.1. The van der Waals surface area contributed by atoms with Gasteiger partial charge in [0.15, 0.2) is 0 Å². The summed E-state index contributed by atoms with van der Waals surface area (Å²) >= 11 is 4.78. The lowest BCUT2D eigenvalue weighted by Crippen LogP contribution is -2.40. The largest absolute Gasteiger partial charge is 0.393 e. The number of carbonyl (C=O) groups is 2. The Hall–Kier alpha value is -1.21. The molecule has 0 fully saturated rings. The van der Waals surface area contributed by atoms with Crippen LogP contribution in [0.1, 0.15) is 26.7 Å². The van der Waals surface area contributed by atoms with Crippen molar-refractivity contribution in [3.63, 3.8) is 0 Å². The Labute approximate surface area is 126 Å². The third-order valence-corrected chi connectivity index (χ3v) is 2.89. The molecule has 0 radical (unpaired) electrons. The van der Waals surface area contributed by atoms with Gasteiger partial charge in [0.2, 0.25) is 11.8 Å². The lowest BCUT2D eigenvalue weighted by atomic mass is 10.3. The molecule has 0 bridgehead atoms. The number of nitrogens with two attached hydrogens (primary N) is 1. The van der Waals surface area contributed by atoms with Crippen molar-refractivity contribution in [1.29, 1.82) is 0 Å². The first-order valence-corrected chi connectivity index (χ1v) is 7.13. The van der Waals surface area contributed by atoms with Gasteiger partial charge in [0.05, 0.1) is 11.5 Å². The summed E-state index contributed by atoms with van der Waals surface area (Å²) in [7, 11) is 3.55. The van der Waals surface area contributed by atoms with Crippen LogP contribution in [0.2, 0.25) is 0 Å². The van der Waals surface area contributed by atoms with Crippen molar-refractivity contribution in [2.75, 3.05) is 33.7 Å². The number of amides is 2. The molecule has 0 rings (SSSR count). The second-order valence-corrected chi connectivity index (χ2v) is 5.77. The third-order valence-electron chi connectivity index (χ3n) is 2.69. The van der Waals surface area contributed by atoms with Crippen molar-refractivity contribution >= 4 is 29.0 Å². The lowest BCUT2D eigenvalue weighted by Gasteiger charge is -2.20. The smallest absolute Gasteiger partial charge is 0.234 e. The molecule has 2 amide bonds. The van der Waals surface area contributed by atoms with Crippen LogP contribution in [0.3, 0.4) is 0 Å². The van der Waals surface area contributed by atoms with Crippen LogP contribution in [0.15, 0.2) is 0 Å². The van der Waals surface area contributed by atoms with E-state index in [4.69, 9.17) is 18.0 Å². The van der Waals surface area contributed by atoms with Gasteiger partial charge in [-0.1, -0.05) is 12.2 Å². The van der Waals surface area contributed by atoms with Crippen molar-refractivity contribution in [2.45, 2.75) is 32.7 Å². The summed E-state index contributed by atoms with van der Waals surface area (Å²) in [5, 5.41) is 2.81. The molecule has 0 atom stereocenters. The van der Waals surface area contributed by atoms with Gasteiger partial charge in [0, 0.05) is 39.0 Å². The van der Waals surface area contributed by atoms with Crippen molar-refractivity contribution in [3.8, 4) is 0 Å². The number of hydrogen-bond acceptors (Lipinski definition) is 4. The van der Waals surface area contributed by atoms with Gasteiger partial charge in [-0.2, -0.15) is 0 Å². The minimum Gasteiger partial charge on any atom is -0.393 e. The molecular formula is C13H26N4O2S. The minimum absolute atomic E-state index is 0.0253. The number of likely N-dealkylation sites (N-methyl/N-ethyl adjacent to an activating group) is 1. The molecule has 6 nitrogen and oxygen atoms in total. The normalized spacial score (nSPS) is 10.7. The minimum atomic E-state index is -0.0308. The Bertz CT molecular complexity index is 347. The van der Waals surface area contributed by atoms with Gasteiger partial charge in [-0.15, -0.1) is 0 Å². The second kappa shape index (κ2) is 9.66. The van der Waals surface area contributed by atoms with Crippen molar-refractivity contribution in [1.82, 2.24) is 15.1 Å². The quantitative estimate of drug-likeness (QED) is 0.585. The van der Waals surface area contributed by atoms with E-state index < -0.39 is 0 Å². The summed E-state index contributed by atoms with van der Waals surface area (Å²) in [6, 6.07) is 0.128. The van der Waals surface area contributed by atoms with E-state index in [0.29, 0.717) is 37.5 Å². The van der Waals surface area contributed by atoms with Gasteiger partial charge >= 0.3 is 0 Å². The van der Waals surface area contributed by atoms with E-state index in [1.54, 1.807) is 11.9 Å². The molecule has 7 heteroatoms. The Morgan fingerprint density at radius 3 is 2.30 bits per heavy atom. The van der Waals surface area contributed by atoms with Crippen LogP contribution in [-0.2, 0) is 9.59 Å². The average molecular weight is 302 g/mol. The van der Waals surface area contributed by atoms with Crippen LogP contribution < -0.4 is 11.1 Å². The van der Waals surface area contributed by atoms with Crippen molar-refractivity contribution < 1.29 is 9.59 Å². The fraction of sp³-hybridized carbons (Fsp3) is 0.769. The van der Waals surface area contributed by atoms with Crippen LogP contribution in [0.25, 0.3) is 0 Å². The molecule has 0 saturated carbocycles. The summed E-state index contributed by atoms with van der Waals surface area (Å²) < 4.78 is 0. The van der Waals surface area contributed by atoms with Gasteiger partial charge < -0.3 is 16.0 Å². The van der Waals surface area contributed by atoms with E-state index in [2.05, 4.69) is 5.32 Å². The highest BCUT2D eigenvalue weighted by Crippen LogP contribution is 1.96. The summed E-state index contributed by atoms with van der Waals surface area (Å²) in [5.41, 5.74) is 5.40. The molecule has 3 N–H and O–H groups in total. The van der Waals surface area contributed by atoms with Crippen LogP contribution >= 0.6 is 12.2 Å². The zero-order chi connectivity index (χ0) is 15.7. The van der Waals surface area contributed by atoms with Crippen LogP contribution in [0.4, 0.5) is 0 Å². The van der Waals surface area contributed by atoms with E-state index in [-0.39, 0.29) is 17.9 Å². The van der Waals surface area contributed by atoms with E-state index in [1.807, 2.05) is 25.8 Å². The molecule has 0 unspecified atom stereocenters. The molecule has 20 heavy (non-hydrogen) atoms. The number of thiocarbonyl (C=S) groups is 1. The molecule has 0 aromatic carbocycles. The predicted octanol–water partition coefficient (Wildman–Crippen LogP) is -0.0325. The van der Waals surface area contributed by atoms with E-state index >= 15 is 0 Å². The predicted molar refractivity (Wildman–Crippen MR) is 84.4 cm³/mol. The summed E-state index contributed by atoms with van der Waals surface area (Å²) in [6.07, 6.45) is 0.906. The Kier molecular flexibility index (Phi) is 9.07. The summed E-state index contributed by atoms with van der Waals surface area (Å²) in [4.78, 5) is 27.2. The van der Waals surface area contributed by atoms with E-state index in [0.717, 1.165) is 0 Å². The fourth-order valence-corrected chi connectivity index (χ4v) is 1.66. The topological polar surface area (TPSA) is 78.7 Å². The number of carbonyl (C=O) groups excluding carboxylic acids is 2. The first kappa shape index (κ1) is 18.8.